The summed E-state index contributed by atoms with van der Waals surface area (Å²) in [7, 11) is 2.14. The van der Waals surface area contributed by atoms with Gasteiger partial charge in [0.05, 0.1) is 11.5 Å². The van der Waals surface area contributed by atoms with Crippen LogP contribution < -0.4 is 10.2 Å². The van der Waals surface area contributed by atoms with Gasteiger partial charge in [-0.25, -0.2) is 4.98 Å². The van der Waals surface area contributed by atoms with E-state index in [0.29, 0.717) is 25.9 Å². The SMILES string of the molecule is CN1CCN(Cc2cccc(CNC(=O)C3CCCN(c4ncccc4C(F)(F)F)C3)c2)CC1. The Labute approximate surface area is 198 Å². The Kier molecular flexibility index (Phi) is 7.73. The van der Waals surface area contributed by atoms with Crippen LogP contribution in [0.25, 0.3) is 0 Å². The van der Waals surface area contributed by atoms with Gasteiger partial charge in [0.1, 0.15) is 5.82 Å². The number of piperazine rings is 1. The fourth-order valence-corrected chi connectivity index (χ4v) is 4.69. The molecule has 0 radical (unpaired) electrons. The minimum atomic E-state index is -4.48. The van der Waals surface area contributed by atoms with Gasteiger partial charge >= 0.3 is 6.18 Å². The first-order valence-electron chi connectivity index (χ1n) is 11.8. The summed E-state index contributed by atoms with van der Waals surface area (Å²) in [6.07, 6.45) is -1.82. The number of anilines is 1. The number of amides is 1. The molecule has 2 fully saturated rings. The third-order valence-corrected chi connectivity index (χ3v) is 6.64. The average Bonchev–Trinajstić information content (AvgIpc) is 2.84. The molecule has 6 nitrogen and oxygen atoms in total. The molecule has 0 spiro atoms. The van der Waals surface area contributed by atoms with Crippen molar-refractivity contribution in [3.63, 3.8) is 0 Å². The monoisotopic (exact) mass is 475 g/mol. The largest absolute Gasteiger partial charge is 0.419 e. The van der Waals surface area contributed by atoms with Gasteiger partial charge in [-0.1, -0.05) is 24.3 Å². The number of rotatable bonds is 6. The molecule has 4 rings (SSSR count). The van der Waals surface area contributed by atoms with E-state index in [0.717, 1.165) is 44.4 Å². The number of alkyl halides is 3. The molecular formula is C25H32F3N5O. The van der Waals surface area contributed by atoms with Gasteiger partial charge in [-0.05, 0) is 43.1 Å². The highest BCUT2D eigenvalue weighted by atomic mass is 19.4. The van der Waals surface area contributed by atoms with Crippen molar-refractivity contribution in [2.24, 2.45) is 5.92 Å². The second-order valence-electron chi connectivity index (χ2n) is 9.27. The topological polar surface area (TPSA) is 51.7 Å². The van der Waals surface area contributed by atoms with Crippen LogP contribution in [0.4, 0.5) is 19.0 Å². The lowest BCUT2D eigenvalue weighted by Crippen LogP contribution is -2.44. The lowest BCUT2D eigenvalue weighted by Gasteiger charge is -2.34. The fraction of sp³-hybridized carbons (Fsp3) is 0.520. The first-order chi connectivity index (χ1) is 16.3. The van der Waals surface area contributed by atoms with Crippen molar-refractivity contribution >= 4 is 11.7 Å². The van der Waals surface area contributed by atoms with Gasteiger partial charge in [0.25, 0.3) is 0 Å². The molecule has 34 heavy (non-hydrogen) atoms. The van der Waals surface area contributed by atoms with Crippen molar-refractivity contribution in [2.45, 2.75) is 32.1 Å². The van der Waals surface area contributed by atoms with Crippen LogP contribution in [0.2, 0.25) is 0 Å². The van der Waals surface area contributed by atoms with E-state index in [-0.39, 0.29) is 24.2 Å². The predicted octanol–water partition coefficient (Wildman–Crippen LogP) is 3.38. The highest BCUT2D eigenvalue weighted by molar-refractivity contribution is 5.79. The number of hydrogen-bond donors (Lipinski definition) is 1. The van der Waals surface area contributed by atoms with E-state index < -0.39 is 11.7 Å². The fourth-order valence-electron chi connectivity index (χ4n) is 4.69. The van der Waals surface area contributed by atoms with Gasteiger partial charge in [0.2, 0.25) is 5.91 Å². The quantitative estimate of drug-likeness (QED) is 0.694. The van der Waals surface area contributed by atoms with Crippen LogP contribution in [0, 0.1) is 5.92 Å². The first-order valence-corrected chi connectivity index (χ1v) is 11.8. The Balaban J connectivity index is 1.33. The van der Waals surface area contributed by atoms with Crippen LogP contribution in [0.15, 0.2) is 42.6 Å². The summed E-state index contributed by atoms with van der Waals surface area (Å²) in [4.78, 5) is 23.2. The zero-order chi connectivity index (χ0) is 24.1. The number of likely N-dealkylation sites (N-methyl/N-ethyl adjacent to an activating group) is 1. The molecule has 1 aromatic heterocycles. The van der Waals surface area contributed by atoms with Gasteiger partial charge in [-0.2, -0.15) is 13.2 Å². The van der Waals surface area contributed by atoms with Crippen molar-refractivity contribution in [2.75, 3.05) is 51.2 Å². The second-order valence-corrected chi connectivity index (χ2v) is 9.27. The number of halogens is 3. The van der Waals surface area contributed by atoms with E-state index in [4.69, 9.17) is 0 Å². The van der Waals surface area contributed by atoms with E-state index in [2.05, 4.69) is 39.3 Å². The highest BCUT2D eigenvalue weighted by Gasteiger charge is 2.37. The van der Waals surface area contributed by atoms with Crippen LogP contribution in [0.3, 0.4) is 0 Å². The number of nitrogens with zero attached hydrogens (tertiary/aromatic N) is 4. The van der Waals surface area contributed by atoms with Gasteiger partial charge in [-0.3, -0.25) is 9.69 Å². The highest BCUT2D eigenvalue weighted by Crippen LogP contribution is 2.36. The molecule has 3 heterocycles. The van der Waals surface area contributed by atoms with Crippen molar-refractivity contribution in [3.05, 3.63) is 59.3 Å². The molecule has 1 unspecified atom stereocenters. The van der Waals surface area contributed by atoms with Crippen LogP contribution in [-0.2, 0) is 24.1 Å². The summed E-state index contributed by atoms with van der Waals surface area (Å²) in [6.45, 7) is 6.20. The van der Waals surface area contributed by atoms with E-state index >= 15 is 0 Å². The lowest BCUT2D eigenvalue weighted by atomic mass is 9.96. The maximum atomic E-state index is 13.4. The molecule has 2 saturated heterocycles. The Hall–Kier alpha value is -2.65. The molecule has 2 aliphatic heterocycles. The number of carbonyl (C=O) groups is 1. The van der Waals surface area contributed by atoms with Crippen molar-refractivity contribution in [1.82, 2.24) is 20.1 Å². The van der Waals surface area contributed by atoms with E-state index in [1.54, 1.807) is 4.90 Å². The third kappa shape index (κ3) is 6.27. The van der Waals surface area contributed by atoms with Gasteiger partial charge in [-0.15, -0.1) is 0 Å². The molecular weight excluding hydrogens is 443 g/mol. The molecule has 2 aromatic rings. The molecule has 0 saturated carbocycles. The summed E-state index contributed by atoms with van der Waals surface area (Å²) in [5, 5.41) is 2.99. The number of aromatic nitrogens is 1. The minimum absolute atomic E-state index is 0.0934. The number of carbonyl (C=O) groups excluding carboxylic acids is 1. The van der Waals surface area contributed by atoms with Crippen LogP contribution in [-0.4, -0.2) is 67.0 Å². The second kappa shape index (κ2) is 10.7. The zero-order valence-corrected chi connectivity index (χ0v) is 19.5. The molecule has 0 bridgehead atoms. The molecule has 2 aliphatic rings. The van der Waals surface area contributed by atoms with Gasteiger partial charge < -0.3 is 15.1 Å². The summed E-state index contributed by atoms with van der Waals surface area (Å²) in [5.41, 5.74) is 1.49. The normalized spacial score (nSPS) is 20.4. The maximum absolute atomic E-state index is 13.4. The number of pyridine rings is 1. The van der Waals surface area contributed by atoms with E-state index in [1.807, 2.05) is 12.1 Å². The van der Waals surface area contributed by atoms with E-state index in [1.165, 1.54) is 17.8 Å². The zero-order valence-electron chi connectivity index (χ0n) is 19.5. The number of benzene rings is 1. The standard InChI is InChI=1S/C25H32F3N5O/c1-31-11-13-32(14-12-31)17-20-6-2-5-19(15-20)16-30-24(34)21-7-4-10-33(18-21)23-22(25(26,27)28)8-3-9-29-23/h2-3,5-6,8-9,15,21H,4,7,10-14,16-18H2,1H3,(H,30,34). The minimum Gasteiger partial charge on any atom is -0.355 e. The molecule has 184 valence electrons. The molecule has 0 aliphatic carbocycles. The first kappa shape index (κ1) is 24.5. The smallest absolute Gasteiger partial charge is 0.355 e. The summed E-state index contributed by atoms with van der Waals surface area (Å²) in [6, 6.07) is 10.6. The van der Waals surface area contributed by atoms with Crippen LogP contribution in [0.5, 0.6) is 0 Å². The van der Waals surface area contributed by atoms with E-state index in [9.17, 15) is 18.0 Å². The van der Waals surface area contributed by atoms with Gasteiger partial charge in [0.15, 0.2) is 0 Å². The Morgan fingerprint density at radius 2 is 1.85 bits per heavy atom. The van der Waals surface area contributed by atoms with Crippen molar-refractivity contribution < 1.29 is 18.0 Å². The molecule has 1 N–H and O–H groups in total. The molecule has 1 atom stereocenters. The molecule has 1 amide bonds. The van der Waals surface area contributed by atoms with Crippen molar-refractivity contribution in [1.29, 1.82) is 0 Å². The maximum Gasteiger partial charge on any atom is 0.419 e. The third-order valence-electron chi connectivity index (χ3n) is 6.64. The van der Waals surface area contributed by atoms with Crippen LogP contribution in [0.1, 0.15) is 29.5 Å². The van der Waals surface area contributed by atoms with Crippen molar-refractivity contribution in [3.8, 4) is 0 Å². The Morgan fingerprint density at radius 1 is 1.09 bits per heavy atom. The van der Waals surface area contributed by atoms with Gasteiger partial charge in [0, 0.05) is 58.6 Å². The number of nitrogens with one attached hydrogen (secondary N) is 1. The molecule has 9 heteroatoms. The average molecular weight is 476 g/mol. The summed E-state index contributed by atoms with van der Waals surface area (Å²) >= 11 is 0. The Bertz CT molecular complexity index is 975. The summed E-state index contributed by atoms with van der Waals surface area (Å²) < 4.78 is 40.2. The Morgan fingerprint density at radius 3 is 2.62 bits per heavy atom. The molecule has 1 aromatic carbocycles. The predicted molar refractivity (Wildman–Crippen MR) is 125 cm³/mol. The number of hydrogen-bond acceptors (Lipinski definition) is 5. The van der Waals surface area contributed by atoms with Crippen LogP contribution >= 0.6 is 0 Å². The summed E-state index contributed by atoms with van der Waals surface area (Å²) in [5.74, 6) is -0.590. The number of piperidine rings is 1. The lowest BCUT2D eigenvalue weighted by molar-refractivity contribution is -0.137.